The maximum absolute atomic E-state index is 11.8. The van der Waals surface area contributed by atoms with Gasteiger partial charge < -0.3 is 10.6 Å². The van der Waals surface area contributed by atoms with Crippen molar-refractivity contribution in [1.29, 1.82) is 5.26 Å². The number of piperidine rings is 1. The van der Waals surface area contributed by atoms with Crippen LogP contribution in [0.15, 0.2) is 0 Å². The van der Waals surface area contributed by atoms with Crippen molar-refractivity contribution in [1.82, 2.24) is 10.6 Å². The molecule has 1 saturated heterocycles. The molecule has 4 heteroatoms. The van der Waals surface area contributed by atoms with Gasteiger partial charge in [0.2, 0.25) is 5.91 Å². The number of hydrogen-bond acceptors (Lipinski definition) is 3. The largest absolute Gasteiger partial charge is 0.353 e. The minimum atomic E-state index is -0.490. The van der Waals surface area contributed by atoms with E-state index in [9.17, 15) is 4.79 Å². The molecular formula is C12H21N3O. The Morgan fingerprint density at radius 2 is 2.31 bits per heavy atom. The highest BCUT2D eigenvalue weighted by molar-refractivity contribution is 5.81. The molecule has 0 bridgehead atoms. The summed E-state index contributed by atoms with van der Waals surface area (Å²) in [4.78, 5) is 11.8. The second kappa shape index (κ2) is 5.31. The lowest BCUT2D eigenvalue weighted by Gasteiger charge is -2.28. The van der Waals surface area contributed by atoms with Crippen molar-refractivity contribution in [3.63, 3.8) is 0 Å². The number of amides is 1. The van der Waals surface area contributed by atoms with Gasteiger partial charge in [0, 0.05) is 6.54 Å². The first-order chi connectivity index (χ1) is 7.44. The maximum atomic E-state index is 11.8. The van der Waals surface area contributed by atoms with Gasteiger partial charge >= 0.3 is 0 Å². The Kier molecular flexibility index (Phi) is 4.31. The quantitative estimate of drug-likeness (QED) is 0.751. The summed E-state index contributed by atoms with van der Waals surface area (Å²) in [6.07, 6.45) is 2.02. The third kappa shape index (κ3) is 3.82. The Hall–Kier alpha value is -1.08. The van der Waals surface area contributed by atoms with Crippen LogP contribution in [0.25, 0.3) is 0 Å². The SMILES string of the molecule is CC1CCNC(C(=O)NCC(C)(C)C#N)C1. The van der Waals surface area contributed by atoms with Crippen molar-refractivity contribution in [2.45, 2.75) is 39.7 Å². The predicted octanol–water partition coefficient (Wildman–Crippen LogP) is 1.04. The van der Waals surface area contributed by atoms with Crippen LogP contribution in [0.4, 0.5) is 0 Å². The molecule has 0 saturated carbocycles. The van der Waals surface area contributed by atoms with E-state index in [2.05, 4.69) is 23.6 Å². The molecule has 1 heterocycles. The molecule has 16 heavy (non-hydrogen) atoms. The molecule has 0 spiro atoms. The van der Waals surface area contributed by atoms with Crippen molar-refractivity contribution < 1.29 is 4.79 Å². The fraction of sp³-hybridized carbons (Fsp3) is 0.833. The zero-order chi connectivity index (χ0) is 12.2. The Morgan fingerprint density at radius 3 is 2.88 bits per heavy atom. The lowest BCUT2D eigenvalue weighted by atomic mass is 9.93. The molecule has 1 aliphatic heterocycles. The molecule has 0 aromatic rings. The van der Waals surface area contributed by atoms with Crippen LogP contribution in [-0.2, 0) is 4.79 Å². The van der Waals surface area contributed by atoms with E-state index in [1.807, 2.05) is 13.8 Å². The van der Waals surface area contributed by atoms with Gasteiger partial charge in [0.05, 0.1) is 17.5 Å². The van der Waals surface area contributed by atoms with Crippen molar-refractivity contribution >= 4 is 5.91 Å². The van der Waals surface area contributed by atoms with Gasteiger partial charge in [0.1, 0.15) is 0 Å². The van der Waals surface area contributed by atoms with Gasteiger partial charge in [-0.25, -0.2) is 0 Å². The van der Waals surface area contributed by atoms with Crippen LogP contribution in [0.1, 0.15) is 33.6 Å². The minimum absolute atomic E-state index is 0.0230. The summed E-state index contributed by atoms with van der Waals surface area (Å²) >= 11 is 0. The summed E-state index contributed by atoms with van der Waals surface area (Å²) in [5.74, 6) is 0.621. The van der Waals surface area contributed by atoms with Crippen molar-refractivity contribution in [3.05, 3.63) is 0 Å². The Balaban J connectivity index is 2.38. The average Bonchev–Trinajstić information content (AvgIpc) is 2.26. The van der Waals surface area contributed by atoms with E-state index in [-0.39, 0.29) is 11.9 Å². The highest BCUT2D eigenvalue weighted by Gasteiger charge is 2.26. The van der Waals surface area contributed by atoms with Gasteiger partial charge in [-0.1, -0.05) is 6.92 Å². The van der Waals surface area contributed by atoms with Gasteiger partial charge in [0.15, 0.2) is 0 Å². The molecule has 0 radical (unpaired) electrons. The molecule has 4 nitrogen and oxygen atoms in total. The second-order valence-electron chi connectivity index (χ2n) is 5.35. The number of nitrogens with one attached hydrogen (secondary N) is 2. The number of nitriles is 1. The van der Waals surface area contributed by atoms with Gasteiger partial charge in [-0.05, 0) is 39.2 Å². The normalized spacial score (nSPS) is 25.9. The summed E-state index contributed by atoms with van der Waals surface area (Å²) < 4.78 is 0. The summed E-state index contributed by atoms with van der Waals surface area (Å²) in [7, 11) is 0. The topological polar surface area (TPSA) is 64.9 Å². The van der Waals surface area contributed by atoms with Crippen molar-refractivity contribution in [2.24, 2.45) is 11.3 Å². The number of carbonyl (C=O) groups is 1. The van der Waals surface area contributed by atoms with E-state index in [1.54, 1.807) is 0 Å². The Bertz CT molecular complexity index is 293. The molecule has 1 rings (SSSR count). The monoisotopic (exact) mass is 223 g/mol. The summed E-state index contributed by atoms with van der Waals surface area (Å²) in [6.45, 7) is 7.13. The third-order valence-electron chi connectivity index (χ3n) is 2.99. The highest BCUT2D eigenvalue weighted by Crippen LogP contribution is 2.16. The highest BCUT2D eigenvalue weighted by atomic mass is 16.2. The Labute approximate surface area is 97.4 Å². The van der Waals surface area contributed by atoms with Gasteiger partial charge in [-0.3, -0.25) is 4.79 Å². The third-order valence-corrected chi connectivity index (χ3v) is 2.99. The van der Waals surface area contributed by atoms with Crippen LogP contribution >= 0.6 is 0 Å². The second-order valence-corrected chi connectivity index (χ2v) is 5.35. The summed E-state index contributed by atoms with van der Waals surface area (Å²) in [6, 6.07) is 2.09. The first-order valence-corrected chi connectivity index (χ1v) is 5.87. The summed E-state index contributed by atoms with van der Waals surface area (Å²) in [5, 5.41) is 14.9. The minimum Gasteiger partial charge on any atom is -0.353 e. The van der Waals surface area contributed by atoms with E-state index in [0.717, 1.165) is 19.4 Å². The number of rotatable bonds is 3. The summed E-state index contributed by atoms with van der Waals surface area (Å²) in [5.41, 5.74) is -0.490. The molecule has 2 N–H and O–H groups in total. The van der Waals surface area contributed by atoms with Crippen LogP contribution in [0.5, 0.6) is 0 Å². The van der Waals surface area contributed by atoms with Crippen LogP contribution in [0.2, 0.25) is 0 Å². The molecular weight excluding hydrogens is 202 g/mol. The molecule has 2 unspecified atom stereocenters. The van der Waals surface area contributed by atoms with E-state index < -0.39 is 5.41 Å². The van der Waals surface area contributed by atoms with Gasteiger partial charge in [-0.2, -0.15) is 5.26 Å². The van der Waals surface area contributed by atoms with Gasteiger partial charge in [-0.15, -0.1) is 0 Å². The van der Waals surface area contributed by atoms with Crippen LogP contribution in [0, 0.1) is 22.7 Å². The van der Waals surface area contributed by atoms with Crippen molar-refractivity contribution in [2.75, 3.05) is 13.1 Å². The molecule has 0 aliphatic carbocycles. The zero-order valence-electron chi connectivity index (χ0n) is 10.3. The maximum Gasteiger partial charge on any atom is 0.237 e. The Morgan fingerprint density at radius 1 is 1.62 bits per heavy atom. The lowest BCUT2D eigenvalue weighted by Crippen LogP contribution is -2.49. The van der Waals surface area contributed by atoms with Gasteiger partial charge in [0.25, 0.3) is 0 Å². The lowest BCUT2D eigenvalue weighted by molar-refractivity contribution is -0.124. The van der Waals surface area contributed by atoms with Crippen LogP contribution < -0.4 is 10.6 Å². The first kappa shape index (κ1) is 13.0. The fourth-order valence-electron chi connectivity index (χ4n) is 1.78. The zero-order valence-corrected chi connectivity index (χ0v) is 10.3. The van der Waals surface area contributed by atoms with E-state index in [4.69, 9.17) is 5.26 Å². The first-order valence-electron chi connectivity index (χ1n) is 5.87. The molecule has 0 aromatic carbocycles. The van der Waals surface area contributed by atoms with Crippen LogP contribution in [0.3, 0.4) is 0 Å². The smallest absolute Gasteiger partial charge is 0.237 e. The predicted molar refractivity (Wildman–Crippen MR) is 62.6 cm³/mol. The molecule has 1 amide bonds. The molecule has 2 atom stereocenters. The molecule has 1 aliphatic rings. The molecule has 0 aromatic heterocycles. The van der Waals surface area contributed by atoms with Crippen LogP contribution in [-0.4, -0.2) is 25.0 Å². The number of hydrogen-bond donors (Lipinski definition) is 2. The average molecular weight is 223 g/mol. The molecule has 90 valence electrons. The van der Waals surface area contributed by atoms with Crippen molar-refractivity contribution in [3.8, 4) is 6.07 Å². The standard InChI is InChI=1S/C12H21N3O/c1-9-4-5-14-10(6-9)11(16)15-8-12(2,3)7-13/h9-10,14H,4-6,8H2,1-3H3,(H,15,16). The molecule has 1 fully saturated rings. The van der Waals surface area contributed by atoms with E-state index in [0.29, 0.717) is 12.5 Å². The van der Waals surface area contributed by atoms with E-state index in [1.165, 1.54) is 0 Å². The fourth-order valence-corrected chi connectivity index (χ4v) is 1.78. The van der Waals surface area contributed by atoms with E-state index >= 15 is 0 Å². The number of carbonyl (C=O) groups excluding carboxylic acids is 1. The number of nitrogens with zero attached hydrogens (tertiary/aromatic N) is 1.